The minimum atomic E-state index is 1.06. The summed E-state index contributed by atoms with van der Waals surface area (Å²) in [7, 11) is 0. The maximum Gasteiger partial charge on any atom is 0.0709 e. The minimum absolute atomic E-state index is 1.06. The third-order valence-corrected chi connectivity index (χ3v) is 2.43. The van der Waals surface area contributed by atoms with Gasteiger partial charge in [-0.3, -0.25) is 0 Å². The molecular formula is C16H15N. The van der Waals surface area contributed by atoms with Crippen LogP contribution in [-0.2, 0) is 0 Å². The molecule has 1 nitrogen and oxygen atoms in total. The zero-order valence-corrected chi connectivity index (χ0v) is 9.93. The number of rotatable bonds is 0. The Morgan fingerprint density at radius 1 is 0.882 bits per heavy atom. The smallest absolute Gasteiger partial charge is 0.0709 e. The molecule has 0 saturated heterocycles. The van der Waals surface area contributed by atoms with Crippen LogP contribution in [-0.4, -0.2) is 4.98 Å². The van der Waals surface area contributed by atoms with E-state index in [1.165, 1.54) is 10.8 Å². The Morgan fingerprint density at radius 3 is 1.76 bits per heavy atom. The van der Waals surface area contributed by atoms with Crippen LogP contribution in [0.15, 0.2) is 67.3 Å². The summed E-state index contributed by atoms with van der Waals surface area (Å²) in [6, 6.07) is 18.6. The largest absolute Gasteiger partial charge is 0.248 e. The average molecular weight is 221 g/mol. The highest BCUT2D eigenvalue weighted by molar-refractivity contribution is 5.92. The van der Waals surface area contributed by atoms with Gasteiger partial charge in [-0.25, -0.2) is 4.98 Å². The normalized spacial score (nSPS) is 9.71. The summed E-state index contributed by atoms with van der Waals surface area (Å²) in [5, 5.41) is 2.40. The van der Waals surface area contributed by atoms with Crippen LogP contribution in [0.1, 0.15) is 6.92 Å². The number of hydrogen-bond acceptors (Lipinski definition) is 1. The third kappa shape index (κ3) is 2.51. The molecule has 0 fully saturated rings. The molecule has 1 heteroatoms. The fraction of sp³-hybridized carbons (Fsp3) is 0.0625. The van der Waals surface area contributed by atoms with E-state index >= 15 is 0 Å². The molecule has 0 amide bonds. The summed E-state index contributed by atoms with van der Waals surface area (Å²) in [4.78, 5) is 4.58. The van der Waals surface area contributed by atoms with E-state index in [0.717, 1.165) is 11.0 Å². The topological polar surface area (TPSA) is 12.9 Å². The Morgan fingerprint density at radius 2 is 1.29 bits per heavy atom. The lowest BCUT2D eigenvalue weighted by Gasteiger charge is -1.99. The number of aromatic nitrogens is 1. The summed E-state index contributed by atoms with van der Waals surface area (Å²) in [5.74, 6) is 0. The quantitative estimate of drug-likeness (QED) is 0.400. The van der Waals surface area contributed by atoms with Gasteiger partial charge in [0.05, 0.1) is 11.0 Å². The fourth-order valence-corrected chi connectivity index (χ4v) is 1.72. The summed E-state index contributed by atoms with van der Waals surface area (Å²) < 4.78 is 0. The van der Waals surface area contributed by atoms with E-state index in [9.17, 15) is 0 Å². The first-order valence-electron chi connectivity index (χ1n) is 5.66. The first-order chi connectivity index (χ1) is 8.35. The van der Waals surface area contributed by atoms with Crippen molar-refractivity contribution < 1.29 is 0 Å². The van der Waals surface area contributed by atoms with Gasteiger partial charge in [-0.2, -0.15) is 0 Å². The summed E-state index contributed by atoms with van der Waals surface area (Å²) in [6.07, 6.45) is 1.75. The second-order valence-corrected chi connectivity index (χ2v) is 3.78. The van der Waals surface area contributed by atoms with Gasteiger partial charge in [0, 0.05) is 10.8 Å². The van der Waals surface area contributed by atoms with Crippen molar-refractivity contribution in [2.75, 3.05) is 0 Å². The molecule has 0 unspecified atom stereocenters. The van der Waals surface area contributed by atoms with Gasteiger partial charge >= 0.3 is 0 Å². The molecule has 1 aromatic heterocycles. The van der Waals surface area contributed by atoms with Gasteiger partial charge < -0.3 is 0 Å². The average Bonchev–Trinajstić information content (AvgIpc) is 2.37. The Balaban J connectivity index is 0.000000329. The lowest BCUT2D eigenvalue weighted by atomic mass is 10.1. The molecule has 0 saturated carbocycles. The number of pyridine rings is 1. The van der Waals surface area contributed by atoms with Gasteiger partial charge in [-0.15, -0.1) is 6.58 Å². The van der Waals surface area contributed by atoms with Crippen LogP contribution in [0.4, 0.5) is 0 Å². The second-order valence-electron chi connectivity index (χ2n) is 3.78. The fourth-order valence-electron chi connectivity index (χ4n) is 1.72. The number of hydrogen-bond donors (Lipinski definition) is 0. The van der Waals surface area contributed by atoms with E-state index < -0.39 is 0 Å². The van der Waals surface area contributed by atoms with Crippen LogP contribution < -0.4 is 0 Å². The number of nitrogens with zero attached hydrogens (tertiary/aromatic N) is 1. The highest BCUT2D eigenvalue weighted by Gasteiger charge is 1.96. The molecular weight excluding hydrogens is 206 g/mol. The highest BCUT2D eigenvalue weighted by atomic mass is 14.7. The van der Waals surface area contributed by atoms with Crippen molar-refractivity contribution in [2.24, 2.45) is 0 Å². The van der Waals surface area contributed by atoms with Crippen LogP contribution in [0.2, 0.25) is 0 Å². The lowest BCUT2D eigenvalue weighted by Crippen LogP contribution is -1.80. The summed E-state index contributed by atoms with van der Waals surface area (Å²) in [5.41, 5.74) is 2.12. The van der Waals surface area contributed by atoms with Crippen molar-refractivity contribution in [3.05, 3.63) is 67.3 Å². The summed E-state index contributed by atoms with van der Waals surface area (Å²) >= 11 is 0. The zero-order chi connectivity index (χ0) is 12.1. The molecule has 2 aromatic carbocycles. The van der Waals surface area contributed by atoms with E-state index in [2.05, 4.69) is 29.8 Å². The molecule has 1 heterocycles. The molecule has 0 aliphatic carbocycles. The maximum absolute atomic E-state index is 4.58. The molecule has 3 aromatic rings. The Hall–Kier alpha value is -2.15. The van der Waals surface area contributed by atoms with Gasteiger partial charge in [0.25, 0.3) is 0 Å². The van der Waals surface area contributed by atoms with Gasteiger partial charge in [0.1, 0.15) is 0 Å². The first-order valence-corrected chi connectivity index (χ1v) is 5.66. The molecule has 0 N–H and O–H groups in total. The predicted octanol–water partition coefficient (Wildman–Crippen LogP) is 4.58. The van der Waals surface area contributed by atoms with E-state index in [-0.39, 0.29) is 0 Å². The van der Waals surface area contributed by atoms with Gasteiger partial charge in [-0.1, -0.05) is 42.5 Å². The number of benzene rings is 2. The van der Waals surface area contributed by atoms with E-state index in [1.54, 1.807) is 6.08 Å². The van der Waals surface area contributed by atoms with E-state index in [0.29, 0.717) is 0 Å². The van der Waals surface area contributed by atoms with Crippen LogP contribution in [0.25, 0.3) is 21.8 Å². The minimum Gasteiger partial charge on any atom is -0.248 e. The number of allylic oxidation sites excluding steroid dienone is 1. The highest BCUT2D eigenvalue weighted by Crippen LogP contribution is 2.18. The SMILES string of the molecule is C=CC.c1ccc2nc3ccccc3cc2c1. The molecule has 17 heavy (non-hydrogen) atoms. The molecule has 0 aliphatic rings. The maximum atomic E-state index is 4.58. The van der Waals surface area contributed by atoms with Crippen LogP contribution >= 0.6 is 0 Å². The monoisotopic (exact) mass is 221 g/mol. The number of para-hydroxylation sites is 2. The van der Waals surface area contributed by atoms with E-state index in [4.69, 9.17) is 0 Å². The molecule has 0 bridgehead atoms. The Bertz CT molecular complexity index is 536. The zero-order valence-electron chi connectivity index (χ0n) is 9.93. The molecule has 0 radical (unpaired) electrons. The Labute approximate surface area is 101 Å². The third-order valence-electron chi connectivity index (χ3n) is 2.43. The van der Waals surface area contributed by atoms with Crippen molar-refractivity contribution in [3.63, 3.8) is 0 Å². The molecule has 0 aliphatic heterocycles. The molecule has 3 rings (SSSR count). The second kappa shape index (κ2) is 5.26. The Kier molecular flexibility index (Phi) is 3.51. The van der Waals surface area contributed by atoms with E-state index in [1.807, 2.05) is 43.3 Å². The molecule has 0 spiro atoms. The summed E-state index contributed by atoms with van der Waals surface area (Å²) in [6.45, 7) is 5.25. The molecule has 0 atom stereocenters. The van der Waals surface area contributed by atoms with Crippen molar-refractivity contribution in [3.8, 4) is 0 Å². The van der Waals surface area contributed by atoms with Gasteiger partial charge in [0.2, 0.25) is 0 Å². The van der Waals surface area contributed by atoms with Crippen LogP contribution in [0.5, 0.6) is 0 Å². The van der Waals surface area contributed by atoms with Gasteiger partial charge in [0.15, 0.2) is 0 Å². The van der Waals surface area contributed by atoms with Crippen LogP contribution in [0, 0.1) is 0 Å². The first kappa shape index (κ1) is 11.3. The number of fused-ring (bicyclic) bond motifs is 2. The lowest BCUT2D eigenvalue weighted by molar-refractivity contribution is 1.50. The molecule has 84 valence electrons. The van der Waals surface area contributed by atoms with Gasteiger partial charge in [-0.05, 0) is 25.1 Å². The van der Waals surface area contributed by atoms with Crippen molar-refractivity contribution in [2.45, 2.75) is 6.92 Å². The van der Waals surface area contributed by atoms with Crippen molar-refractivity contribution in [1.82, 2.24) is 4.98 Å². The van der Waals surface area contributed by atoms with Crippen molar-refractivity contribution in [1.29, 1.82) is 0 Å². The van der Waals surface area contributed by atoms with Crippen molar-refractivity contribution >= 4 is 21.8 Å². The van der Waals surface area contributed by atoms with Crippen LogP contribution in [0.3, 0.4) is 0 Å². The predicted molar refractivity (Wildman–Crippen MR) is 75.1 cm³/mol. The standard InChI is InChI=1S/C13H9N.C3H6/c1-3-7-12-10(5-1)9-11-6-2-4-8-13(11)14-12;1-3-2/h1-9H;3H,1H2,2H3.